The predicted molar refractivity (Wildman–Crippen MR) is 74.8 cm³/mol. The summed E-state index contributed by atoms with van der Waals surface area (Å²) in [7, 11) is -2.14. The SMILES string of the molecule is COC[C@]1(C(=O)O)[C@H](c2ccc(Cl)cc2)[C@H]1S(C)(=O)=O. The summed E-state index contributed by atoms with van der Waals surface area (Å²) in [5.74, 6) is -1.78. The normalized spacial score (nSPS) is 29.1. The standard InChI is InChI=1S/C13H15ClO5S/c1-19-7-13(12(15)16)10(11(13)20(2,17)18)8-3-5-9(14)6-4-8/h3-6,10-11H,7H2,1-2H3,(H,15,16)/t10-,11-,13+/m1/s1. The summed E-state index contributed by atoms with van der Waals surface area (Å²) in [6.45, 7) is -0.145. The lowest BCUT2D eigenvalue weighted by molar-refractivity contribution is -0.145. The van der Waals surface area contributed by atoms with E-state index in [2.05, 4.69) is 0 Å². The quantitative estimate of drug-likeness (QED) is 0.891. The van der Waals surface area contributed by atoms with Crippen molar-refractivity contribution in [1.82, 2.24) is 0 Å². The lowest BCUT2D eigenvalue weighted by Gasteiger charge is -2.11. The molecule has 1 N–H and O–H groups in total. The molecule has 1 aromatic carbocycles. The minimum Gasteiger partial charge on any atom is -0.481 e. The van der Waals surface area contributed by atoms with Crippen molar-refractivity contribution in [3.05, 3.63) is 34.9 Å². The highest BCUT2D eigenvalue weighted by atomic mass is 35.5. The fourth-order valence-electron chi connectivity index (χ4n) is 2.90. The van der Waals surface area contributed by atoms with Crippen molar-refractivity contribution >= 4 is 27.4 Å². The zero-order valence-corrected chi connectivity index (χ0v) is 12.6. The Labute approximate surface area is 122 Å². The first-order chi connectivity index (χ1) is 9.25. The number of ether oxygens (including phenoxy) is 1. The van der Waals surface area contributed by atoms with Crippen LogP contribution in [0.1, 0.15) is 11.5 Å². The maximum Gasteiger partial charge on any atom is 0.314 e. The molecule has 0 aliphatic heterocycles. The number of sulfone groups is 1. The summed E-state index contributed by atoms with van der Waals surface area (Å²) in [6.07, 6.45) is 1.06. The monoisotopic (exact) mass is 318 g/mol. The van der Waals surface area contributed by atoms with Crippen molar-refractivity contribution in [2.75, 3.05) is 20.0 Å². The molecule has 0 radical (unpaired) electrons. The molecule has 5 nitrogen and oxygen atoms in total. The van der Waals surface area contributed by atoms with Crippen LogP contribution in [0.25, 0.3) is 0 Å². The molecule has 0 aromatic heterocycles. The second-order valence-corrected chi connectivity index (χ2v) is 7.66. The summed E-state index contributed by atoms with van der Waals surface area (Å²) >= 11 is 5.80. The van der Waals surface area contributed by atoms with Crippen LogP contribution in [0.5, 0.6) is 0 Å². The first-order valence-electron chi connectivity index (χ1n) is 5.92. The van der Waals surface area contributed by atoms with E-state index in [1.54, 1.807) is 24.3 Å². The van der Waals surface area contributed by atoms with Crippen LogP contribution in [0.3, 0.4) is 0 Å². The van der Waals surface area contributed by atoms with Crippen molar-refractivity contribution in [2.45, 2.75) is 11.2 Å². The van der Waals surface area contributed by atoms with Crippen molar-refractivity contribution in [2.24, 2.45) is 5.41 Å². The summed E-state index contributed by atoms with van der Waals surface area (Å²) in [6, 6.07) is 6.55. The molecule has 20 heavy (non-hydrogen) atoms. The molecule has 1 aliphatic rings. The van der Waals surface area contributed by atoms with Gasteiger partial charge in [-0.05, 0) is 17.7 Å². The molecule has 0 saturated heterocycles. The summed E-state index contributed by atoms with van der Waals surface area (Å²) in [5, 5.41) is 9.02. The van der Waals surface area contributed by atoms with Gasteiger partial charge in [0.2, 0.25) is 0 Å². The highest BCUT2D eigenvalue weighted by molar-refractivity contribution is 7.91. The molecule has 1 aromatic rings. The van der Waals surface area contributed by atoms with Crippen molar-refractivity contribution in [1.29, 1.82) is 0 Å². The zero-order valence-electron chi connectivity index (χ0n) is 11.0. The first kappa shape index (κ1) is 15.3. The van der Waals surface area contributed by atoms with Crippen LogP contribution in [0.15, 0.2) is 24.3 Å². The molecule has 0 unspecified atom stereocenters. The molecular formula is C13H15ClO5S. The van der Waals surface area contributed by atoms with Gasteiger partial charge in [-0.25, -0.2) is 8.42 Å². The van der Waals surface area contributed by atoms with Gasteiger partial charge in [-0.2, -0.15) is 0 Å². The van der Waals surface area contributed by atoms with Crippen LogP contribution < -0.4 is 0 Å². The Morgan fingerprint density at radius 3 is 2.35 bits per heavy atom. The van der Waals surface area contributed by atoms with Crippen LogP contribution in [0, 0.1) is 5.41 Å². The molecule has 1 saturated carbocycles. The van der Waals surface area contributed by atoms with Gasteiger partial charge in [0, 0.05) is 24.3 Å². The van der Waals surface area contributed by atoms with E-state index in [1.807, 2.05) is 0 Å². The van der Waals surface area contributed by atoms with E-state index < -0.39 is 32.4 Å². The molecule has 0 amide bonds. The molecule has 1 aliphatic carbocycles. The maximum atomic E-state index is 11.9. The van der Waals surface area contributed by atoms with Gasteiger partial charge in [-0.15, -0.1) is 0 Å². The zero-order chi connectivity index (χ0) is 15.1. The van der Waals surface area contributed by atoms with Gasteiger partial charge in [-0.1, -0.05) is 23.7 Å². The average molecular weight is 319 g/mol. The Bertz CT molecular complexity index is 625. The van der Waals surface area contributed by atoms with Crippen LogP contribution in [-0.2, 0) is 19.4 Å². The molecule has 110 valence electrons. The second-order valence-electron chi connectivity index (χ2n) is 5.06. The Kier molecular flexibility index (Phi) is 3.83. The summed E-state index contributed by atoms with van der Waals surface area (Å²) in [4.78, 5) is 11.6. The number of rotatable bonds is 5. The minimum absolute atomic E-state index is 0.145. The van der Waals surface area contributed by atoms with Gasteiger partial charge in [0.05, 0.1) is 11.9 Å². The molecule has 2 rings (SSSR count). The number of halogens is 1. The molecule has 3 atom stereocenters. The average Bonchev–Trinajstić information content (AvgIpc) is 3.01. The number of methoxy groups -OCH3 is 1. The van der Waals surface area contributed by atoms with E-state index in [1.165, 1.54) is 7.11 Å². The van der Waals surface area contributed by atoms with E-state index in [4.69, 9.17) is 16.3 Å². The lowest BCUT2D eigenvalue weighted by Crippen LogP contribution is -2.28. The molecule has 0 spiro atoms. The number of carboxylic acids is 1. The van der Waals surface area contributed by atoms with Gasteiger partial charge in [0.1, 0.15) is 5.41 Å². The third-order valence-corrected chi connectivity index (χ3v) is 5.60. The third kappa shape index (κ3) is 2.32. The maximum absolute atomic E-state index is 11.9. The number of carboxylic acid groups (broad SMARTS) is 1. The largest absolute Gasteiger partial charge is 0.481 e. The number of hydrogen-bond donors (Lipinski definition) is 1. The van der Waals surface area contributed by atoms with E-state index in [0.29, 0.717) is 10.6 Å². The molecule has 0 heterocycles. The van der Waals surface area contributed by atoms with E-state index in [9.17, 15) is 18.3 Å². The van der Waals surface area contributed by atoms with Crippen LogP contribution >= 0.6 is 11.6 Å². The van der Waals surface area contributed by atoms with Crippen molar-refractivity contribution in [3.8, 4) is 0 Å². The Morgan fingerprint density at radius 2 is 1.95 bits per heavy atom. The second kappa shape index (κ2) is 5.02. The molecule has 0 bridgehead atoms. The van der Waals surface area contributed by atoms with Crippen LogP contribution in [-0.4, -0.2) is 44.7 Å². The molecular weight excluding hydrogens is 304 g/mol. The number of carbonyl (C=O) groups is 1. The number of benzene rings is 1. The number of hydrogen-bond acceptors (Lipinski definition) is 4. The van der Waals surface area contributed by atoms with Gasteiger partial charge in [-0.3, -0.25) is 4.79 Å². The first-order valence-corrected chi connectivity index (χ1v) is 8.25. The van der Waals surface area contributed by atoms with Crippen molar-refractivity contribution in [3.63, 3.8) is 0 Å². The smallest absolute Gasteiger partial charge is 0.314 e. The van der Waals surface area contributed by atoms with E-state index in [-0.39, 0.29) is 6.61 Å². The fourth-order valence-corrected chi connectivity index (χ4v) is 4.92. The van der Waals surface area contributed by atoms with E-state index >= 15 is 0 Å². The molecule has 1 fully saturated rings. The highest BCUT2D eigenvalue weighted by Gasteiger charge is 2.74. The minimum atomic E-state index is -3.51. The van der Waals surface area contributed by atoms with Crippen LogP contribution in [0.2, 0.25) is 5.02 Å². The number of aliphatic carboxylic acids is 1. The third-order valence-electron chi connectivity index (χ3n) is 3.73. The van der Waals surface area contributed by atoms with Gasteiger partial charge >= 0.3 is 5.97 Å². The Balaban J connectivity index is 2.49. The molecule has 7 heteroatoms. The fraction of sp³-hybridized carbons (Fsp3) is 0.462. The van der Waals surface area contributed by atoms with Crippen LogP contribution in [0.4, 0.5) is 0 Å². The summed E-state index contributed by atoms with van der Waals surface area (Å²) < 4.78 is 28.7. The van der Waals surface area contributed by atoms with Gasteiger partial charge < -0.3 is 9.84 Å². The summed E-state index contributed by atoms with van der Waals surface area (Å²) in [5.41, 5.74) is -0.778. The topological polar surface area (TPSA) is 80.7 Å². The predicted octanol–water partition coefficient (Wildman–Crippen LogP) is 1.57. The van der Waals surface area contributed by atoms with Gasteiger partial charge in [0.25, 0.3) is 0 Å². The van der Waals surface area contributed by atoms with Crippen molar-refractivity contribution < 1.29 is 23.1 Å². The van der Waals surface area contributed by atoms with Gasteiger partial charge in [0.15, 0.2) is 9.84 Å². The Hall–Kier alpha value is -1.11. The Morgan fingerprint density at radius 1 is 1.40 bits per heavy atom. The lowest BCUT2D eigenvalue weighted by atomic mass is 10.0. The highest BCUT2D eigenvalue weighted by Crippen LogP contribution is 2.63. The van der Waals surface area contributed by atoms with E-state index in [0.717, 1.165) is 6.26 Å².